The first-order chi connectivity index (χ1) is 5.57. The lowest BCUT2D eigenvalue weighted by Crippen LogP contribution is -2.56. The Labute approximate surface area is 75.0 Å². The molecule has 1 rings (SSSR count). The highest BCUT2D eigenvalue weighted by Gasteiger charge is 2.41. The third kappa shape index (κ3) is 1.73. The largest absolute Gasteiger partial charge is 0.394 e. The fourth-order valence-electron chi connectivity index (χ4n) is 1.08. The van der Waals surface area contributed by atoms with Gasteiger partial charge in [-0.15, -0.1) is 0 Å². The monoisotopic (exact) mass is 196 g/mol. The lowest BCUT2D eigenvalue weighted by atomic mass is 10.0. The van der Waals surface area contributed by atoms with Crippen molar-refractivity contribution >= 4 is 12.6 Å². The summed E-state index contributed by atoms with van der Waals surface area (Å²) in [6.07, 6.45) is -4.60. The van der Waals surface area contributed by atoms with Crippen molar-refractivity contribution in [3.05, 3.63) is 0 Å². The van der Waals surface area contributed by atoms with Gasteiger partial charge in [0, 0.05) is 0 Å². The average Bonchev–Trinajstić information content (AvgIpc) is 2.08. The van der Waals surface area contributed by atoms with Crippen LogP contribution < -0.4 is 0 Å². The molecule has 12 heavy (non-hydrogen) atoms. The molecule has 0 amide bonds. The van der Waals surface area contributed by atoms with Crippen LogP contribution in [0.15, 0.2) is 0 Å². The van der Waals surface area contributed by atoms with Gasteiger partial charge in [-0.05, 0) is 0 Å². The Hall–Kier alpha value is 0.150. The van der Waals surface area contributed by atoms with E-state index in [0.29, 0.717) is 0 Å². The molecular weight excluding hydrogens is 184 g/mol. The number of hydrogen-bond acceptors (Lipinski definition) is 6. The van der Waals surface area contributed by atoms with E-state index in [2.05, 4.69) is 12.6 Å². The summed E-state index contributed by atoms with van der Waals surface area (Å²) < 4.78 is 4.75. The van der Waals surface area contributed by atoms with Gasteiger partial charge in [-0.25, -0.2) is 0 Å². The first kappa shape index (κ1) is 10.2. The van der Waals surface area contributed by atoms with E-state index in [0.717, 1.165) is 0 Å². The van der Waals surface area contributed by atoms with Crippen LogP contribution in [-0.2, 0) is 4.74 Å². The highest BCUT2D eigenvalue weighted by Crippen LogP contribution is 2.22. The first-order valence-corrected chi connectivity index (χ1v) is 4.08. The van der Waals surface area contributed by atoms with E-state index in [9.17, 15) is 10.2 Å². The van der Waals surface area contributed by atoms with E-state index in [1.807, 2.05) is 0 Å². The summed E-state index contributed by atoms with van der Waals surface area (Å²) in [6.45, 7) is -0.449. The molecule has 0 saturated carbocycles. The van der Waals surface area contributed by atoms with Crippen LogP contribution in [0.5, 0.6) is 0 Å². The maximum atomic E-state index is 9.24. The summed E-state index contributed by atoms with van der Waals surface area (Å²) >= 11 is 3.82. The van der Waals surface area contributed by atoms with Gasteiger partial charge in [-0.2, -0.15) is 12.6 Å². The van der Waals surface area contributed by atoms with Gasteiger partial charge in [0.1, 0.15) is 12.2 Å². The molecule has 1 aliphatic heterocycles. The van der Waals surface area contributed by atoms with E-state index in [1.165, 1.54) is 0 Å². The van der Waals surface area contributed by atoms with E-state index >= 15 is 0 Å². The maximum Gasteiger partial charge on any atom is 0.169 e. The Bertz CT molecular complexity index is 150. The third-order valence-corrected chi connectivity index (χ3v) is 2.43. The van der Waals surface area contributed by atoms with Crippen LogP contribution in [0.2, 0.25) is 0 Å². The molecule has 4 N–H and O–H groups in total. The Morgan fingerprint density at radius 2 is 1.75 bits per heavy atom. The summed E-state index contributed by atoms with van der Waals surface area (Å²) in [7, 11) is 0. The van der Waals surface area contributed by atoms with Gasteiger partial charge in [-0.3, -0.25) is 0 Å². The first-order valence-electron chi connectivity index (χ1n) is 3.56. The third-order valence-electron chi connectivity index (χ3n) is 1.87. The smallest absolute Gasteiger partial charge is 0.169 e. The summed E-state index contributed by atoms with van der Waals surface area (Å²) in [4.78, 5) is 0. The molecule has 0 radical (unpaired) electrons. The SMILES string of the molecule is OC[C@H]1O[C@H](O)[C@@H](S)[C@@H](O)[C@@H]1O. The molecule has 0 unspecified atom stereocenters. The second-order valence-electron chi connectivity index (χ2n) is 2.72. The number of thiol groups is 1. The van der Waals surface area contributed by atoms with Gasteiger partial charge in [0.2, 0.25) is 0 Å². The molecule has 5 nitrogen and oxygen atoms in total. The highest BCUT2D eigenvalue weighted by atomic mass is 32.1. The number of hydrogen-bond donors (Lipinski definition) is 5. The van der Waals surface area contributed by atoms with Gasteiger partial charge in [-0.1, -0.05) is 0 Å². The molecular formula is C6H12O5S. The fourth-order valence-corrected chi connectivity index (χ4v) is 1.33. The van der Waals surface area contributed by atoms with E-state index < -0.39 is 36.5 Å². The number of rotatable bonds is 1. The Morgan fingerprint density at radius 3 is 2.25 bits per heavy atom. The Morgan fingerprint density at radius 1 is 1.17 bits per heavy atom. The number of aliphatic hydroxyl groups excluding tert-OH is 4. The van der Waals surface area contributed by atoms with E-state index in [-0.39, 0.29) is 0 Å². The second kappa shape index (κ2) is 3.91. The molecule has 0 spiro atoms. The van der Waals surface area contributed by atoms with Crippen molar-refractivity contribution in [1.29, 1.82) is 0 Å². The van der Waals surface area contributed by atoms with Gasteiger partial charge >= 0.3 is 0 Å². The van der Waals surface area contributed by atoms with Crippen LogP contribution in [0.4, 0.5) is 0 Å². The fraction of sp³-hybridized carbons (Fsp3) is 1.00. The van der Waals surface area contributed by atoms with Crippen LogP contribution in [-0.4, -0.2) is 56.9 Å². The Kier molecular flexibility index (Phi) is 3.33. The molecule has 0 aromatic heterocycles. The molecule has 1 aliphatic rings. The van der Waals surface area contributed by atoms with E-state index in [4.69, 9.17) is 14.9 Å². The predicted octanol–water partition coefficient (Wildman–Crippen LogP) is -2.28. The number of ether oxygens (including phenoxy) is 1. The zero-order valence-electron chi connectivity index (χ0n) is 6.24. The van der Waals surface area contributed by atoms with Crippen molar-refractivity contribution in [2.24, 2.45) is 0 Å². The lowest BCUT2D eigenvalue weighted by molar-refractivity contribution is -0.234. The minimum absolute atomic E-state index is 0.449. The minimum Gasteiger partial charge on any atom is -0.394 e. The molecule has 1 fully saturated rings. The summed E-state index contributed by atoms with van der Waals surface area (Å²) in [5.41, 5.74) is 0. The molecule has 5 atom stereocenters. The van der Waals surface area contributed by atoms with Gasteiger partial charge in [0.25, 0.3) is 0 Å². The van der Waals surface area contributed by atoms with Crippen molar-refractivity contribution < 1.29 is 25.2 Å². The topological polar surface area (TPSA) is 90.2 Å². The normalized spacial score (nSPS) is 49.2. The van der Waals surface area contributed by atoms with Crippen LogP contribution in [0.3, 0.4) is 0 Å². The van der Waals surface area contributed by atoms with Crippen molar-refractivity contribution in [2.45, 2.75) is 29.9 Å². The Balaban J connectivity index is 2.63. The molecule has 0 bridgehead atoms. The maximum absolute atomic E-state index is 9.24. The van der Waals surface area contributed by atoms with Gasteiger partial charge in [0.05, 0.1) is 18.0 Å². The molecule has 0 aliphatic carbocycles. The summed E-state index contributed by atoms with van der Waals surface area (Å²) in [5, 5.41) is 35.4. The minimum atomic E-state index is -1.26. The molecule has 6 heteroatoms. The molecule has 72 valence electrons. The van der Waals surface area contributed by atoms with Crippen molar-refractivity contribution in [3.63, 3.8) is 0 Å². The van der Waals surface area contributed by atoms with Crippen molar-refractivity contribution in [3.8, 4) is 0 Å². The van der Waals surface area contributed by atoms with Gasteiger partial charge in [0.15, 0.2) is 6.29 Å². The lowest BCUT2D eigenvalue weighted by Gasteiger charge is -2.37. The van der Waals surface area contributed by atoms with Crippen LogP contribution in [0.1, 0.15) is 0 Å². The molecule has 0 aromatic carbocycles. The molecule has 1 heterocycles. The quantitative estimate of drug-likeness (QED) is 0.305. The summed E-state index contributed by atoms with van der Waals surface area (Å²) in [5.74, 6) is 0. The van der Waals surface area contributed by atoms with Crippen LogP contribution >= 0.6 is 12.6 Å². The summed E-state index contributed by atoms with van der Waals surface area (Å²) in [6, 6.07) is 0. The van der Waals surface area contributed by atoms with E-state index in [1.54, 1.807) is 0 Å². The van der Waals surface area contributed by atoms with Crippen LogP contribution in [0, 0.1) is 0 Å². The molecule has 0 aromatic rings. The standard InChI is InChI=1S/C6H12O5S/c7-1-2-3(8)4(9)5(12)6(10)11-2/h2-10,12H,1H2/t2-,3-,4+,5+,6+/m1/s1. The second-order valence-corrected chi connectivity index (χ2v) is 3.32. The predicted molar refractivity (Wildman–Crippen MR) is 42.8 cm³/mol. The zero-order valence-corrected chi connectivity index (χ0v) is 7.13. The van der Waals surface area contributed by atoms with Crippen LogP contribution in [0.25, 0.3) is 0 Å². The van der Waals surface area contributed by atoms with Crippen molar-refractivity contribution in [2.75, 3.05) is 6.61 Å². The highest BCUT2D eigenvalue weighted by molar-refractivity contribution is 7.81. The van der Waals surface area contributed by atoms with Gasteiger partial charge < -0.3 is 25.2 Å². The number of aliphatic hydroxyl groups is 4. The average molecular weight is 196 g/mol. The van der Waals surface area contributed by atoms with Crippen molar-refractivity contribution in [1.82, 2.24) is 0 Å². The zero-order chi connectivity index (χ0) is 9.30. The molecule has 1 saturated heterocycles.